The Morgan fingerprint density at radius 3 is 2.57 bits per heavy atom. The van der Waals surface area contributed by atoms with Gasteiger partial charge in [-0.25, -0.2) is 4.98 Å². The van der Waals surface area contributed by atoms with Gasteiger partial charge in [0.15, 0.2) is 0 Å². The average Bonchev–Trinajstić information content (AvgIpc) is 2.47. The fourth-order valence-corrected chi connectivity index (χ4v) is 1.58. The fourth-order valence-electron chi connectivity index (χ4n) is 1.58. The molecule has 0 unspecified atom stereocenters. The monoisotopic (exact) mass is 288 g/mol. The molecule has 0 saturated carbocycles. The zero-order valence-electron chi connectivity index (χ0n) is 11.1. The highest BCUT2D eigenvalue weighted by molar-refractivity contribution is 5.92. The number of nitrogens with two attached hydrogens (primary N) is 1. The van der Waals surface area contributed by atoms with Gasteiger partial charge in [0.2, 0.25) is 5.75 Å². The number of methoxy groups -OCH3 is 1. The summed E-state index contributed by atoms with van der Waals surface area (Å²) >= 11 is 0. The maximum Gasteiger partial charge on any atom is 0.311 e. The third-order valence-electron chi connectivity index (χ3n) is 2.60. The van der Waals surface area contributed by atoms with Crippen LogP contribution < -0.4 is 15.2 Å². The molecule has 0 amide bonds. The molecule has 0 aliphatic heterocycles. The van der Waals surface area contributed by atoms with Gasteiger partial charge >= 0.3 is 5.69 Å². The summed E-state index contributed by atoms with van der Waals surface area (Å²) < 4.78 is 10.5. The van der Waals surface area contributed by atoms with Gasteiger partial charge in [-0.05, 0) is 18.2 Å². The van der Waals surface area contributed by atoms with Crippen molar-refractivity contribution in [2.75, 3.05) is 7.11 Å². The standard InChI is InChI=1S/C13H12N4O4/c1-20-8-3-5-11(17(18)19)12(6-8)21-9-2-4-10(13(14)15)16-7-9/h2-7H,1H3,(H3,14,15). The van der Waals surface area contributed by atoms with Crippen LogP contribution in [0.5, 0.6) is 17.2 Å². The van der Waals surface area contributed by atoms with Crippen LogP contribution in [0.3, 0.4) is 0 Å². The zero-order chi connectivity index (χ0) is 15.4. The molecule has 0 saturated heterocycles. The number of nitrogen functional groups attached to an aromatic ring is 1. The Bertz CT molecular complexity index is 685. The lowest BCUT2D eigenvalue weighted by atomic mass is 10.2. The molecule has 0 fully saturated rings. The SMILES string of the molecule is COc1ccc([N+](=O)[O-])c(Oc2ccc(C(=N)N)nc2)c1. The van der Waals surface area contributed by atoms with Crippen LogP contribution in [0, 0.1) is 15.5 Å². The number of rotatable bonds is 5. The molecule has 2 rings (SSSR count). The van der Waals surface area contributed by atoms with E-state index in [1.54, 1.807) is 0 Å². The van der Waals surface area contributed by atoms with Gasteiger partial charge in [-0.2, -0.15) is 0 Å². The van der Waals surface area contributed by atoms with E-state index in [1.807, 2.05) is 0 Å². The van der Waals surface area contributed by atoms with Crippen LogP contribution in [-0.4, -0.2) is 22.9 Å². The third-order valence-corrected chi connectivity index (χ3v) is 2.60. The van der Waals surface area contributed by atoms with E-state index in [-0.39, 0.29) is 23.0 Å². The van der Waals surface area contributed by atoms with Gasteiger partial charge in [-0.1, -0.05) is 0 Å². The lowest BCUT2D eigenvalue weighted by Gasteiger charge is -2.08. The fraction of sp³-hybridized carbons (Fsp3) is 0.0769. The maximum atomic E-state index is 11.0. The maximum absolute atomic E-state index is 11.0. The third kappa shape index (κ3) is 3.24. The highest BCUT2D eigenvalue weighted by Crippen LogP contribution is 2.34. The Morgan fingerprint density at radius 1 is 1.33 bits per heavy atom. The molecule has 0 aliphatic rings. The summed E-state index contributed by atoms with van der Waals surface area (Å²) in [4.78, 5) is 14.3. The Kier molecular flexibility index (Phi) is 3.98. The van der Waals surface area contributed by atoms with E-state index in [0.29, 0.717) is 11.4 Å². The Morgan fingerprint density at radius 2 is 2.05 bits per heavy atom. The zero-order valence-corrected chi connectivity index (χ0v) is 11.1. The van der Waals surface area contributed by atoms with E-state index in [2.05, 4.69) is 4.98 Å². The second-order valence-corrected chi connectivity index (χ2v) is 3.99. The first-order chi connectivity index (χ1) is 10.0. The number of ether oxygens (including phenoxy) is 2. The van der Waals surface area contributed by atoms with Gasteiger partial charge in [-0.15, -0.1) is 0 Å². The topological polar surface area (TPSA) is 124 Å². The Labute approximate surface area is 119 Å². The molecule has 1 aromatic carbocycles. The first-order valence-corrected chi connectivity index (χ1v) is 5.82. The van der Waals surface area contributed by atoms with Crippen molar-refractivity contribution in [3.63, 3.8) is 0 Å². The number of nitrogens with zero attached hydrogens (tertiary/aromatic N) is 2. The van der Waals surface area contributed by atoms with E-state index in [9.17, 15) is 10.1 Å². The van der Waals surface area contributed by atoms with E-state index >= 15 is 0 Å². The van der Waals surface area contributed by atoms with Crippen molar-refractivity contribution in [3.05, 3.63) is 52.3 Å². The normalized spacial score (nSPS) is 9.95. The first-order valence-electron chi connectivity index (χ1n) is 5.82. The summed E-state index contributed by atoms with van der Waals surface area (Å²) in [5.74, 6) is 0.589. The number of nitro benzene ring substituents is 1. The minimum absolute atomic E-state index is 0.0386. The van der Waals surface area contributed by atoms with Gasteiger partial charge in [-0.3, -0.25) is 15.5 Å². The number of hydrogen-bond acceptors (Lipinski definition) is 6. The van der Waals surface area contributed by atoms with Gasteiger partial charge in [0.25, 0.3) is 0 Å². The van der Waals surface area contributed by atoms with Gasteiger partial charge in [0.05, 0.1) is 18.2 Å². The van der Waals surface area contributed by atoms with E-state index < -0.39 is 4.92 Å². The summed E-state index contributed by atoms with van der Waals surface area (Å²) in [6.45, 7) is 0. The number of benzene rings is 1. The molecule has 8 heteroatoms. The van der Waals surface area contributed by atoms with Crippen LogP contribution in [-0.2, 0) is 0 Å². The highest BCUT2D eigenvalue weighted by Gasteiger charge is 2.17. The Balaban J connectivity index is 2.33. The second kappa shape index (κ2) is 5.87. The molecule has 21 heavy (non-hydrogen) atoms. The van der Waals surface area contributed by atoms with E-state index in [1.165, 1.54) is 43.6 Å². The number of aromatic nitrogens is 1. The molecular formula is C13H12N4O4. The van der Waals surface area contributed by atoms with Crippen LogP contribution in [0.15, 0.2) is 36.5 Å². The lowest BCUT2D eigenvalue weighted by Crippen LogP contribution is -2.12. The first kappa shape index (κ1) is 14.3. The van der Waals surface area contributed by atoms with Crippen molar-refractivity contribution in [2.45, 2.75) is 0 Å². The van der Waals surface area contributed by atoms with Crippen molar-refractivity contribution in [1.82, 2.24) is 4.98 Å². The predicted octanol–water partition coefficient (Wildman–Crippen LogP) is 2.07. The number of amidine groups is 1. The minimum Gasteiger partial charge on any atom is -0.497 e. The summed E-state index contributed by atoms with van der Waals surface area (Å²) in [5, 5.41) is 18.2. The molecular weight excluding hydrogens is 276 g/mol. The van der Waals surface area contributed by atoms with Crippen LogP contribution in [0.25, 0.3) is 0 Å². The van der Waals surface area contributed by atoms with Crippen LogP contribution in [0.2, 0.25) is 0 Å². The highest BCUT2D eigenvalue weighted by atomic mass is 16.6. The van der Waals surface area contributed by atoms with Crippen molar-refractivity contribution in [2.24, 2.45) is 5.73 Å². The largest absolute Gasteiger partial charge is 0.497 e. The minimum atomic E-state index is -0.549. The molecule has 3 N–H and O–H groups in total. The van der Waals surface area contributed by atoms with Gasteiger partial charge < -0.3 is 15.2 Å². The van der Waals surface area contributed by atoms with Crippen molar-refractivity contribution < 1.29 is 14.4 Å². The summed E-state index contributed by atoms with van der Waals surface area (Å²) in [7, 11) is 1.45. The van der Waals surface area contributed by atoms with Crippen LogP contribution in [0.4, 0.5) is 5.69 Å². The quantitative estimate of drug-likeness (QED) is 0.375. The second-order valence-electron chi connectivity index (χ2n) is 3.99. The summed E-state index contributed by atoms with van der Waals surface area (Å²) in [6.07, 6.45) is 1.33. The van der Waals surface area contributed by atoms with Crippen LogP contribution >= 0.6 is 0 Å². The predicted molar refractivity (Wildman–Crippen MR) is 75.0 cm³/mol. The molecule has 2 aromatic rings. The van der Waals surface area contributed by atoms with Crippen molar-refractivity contribution >= 4 is 11.5 Å². The van der Waals surface area contributed by atoms with Gasteiger partial charge in [0, 0.05) is 12.1 Å². The number of hydrogen-bond donors (Lipinski definition) is 2. The summed E-state index contributed by atoms with van der Waals surface area (Å²) in [6, 6.07) is 7.20. The molecule has 1 aromatic heterocycles. The lowest BCUT2D eigenvalue weighted by molar-refractivity contribution is -0.385. The molecule has 0 bridgehead atoms. The Hall–Kier alpha value is -3.16. The average molecular weight is 288 g/mol. The number of nitro groups is 1. The van der Waals surface area contributed by atoms with Gasteiger partial charge in [0.1, 0.15) is 23.0 Å². The molecule has 1 heterocycles. The molecule has 0 atom stereocenters. The number of nitrogens with one attached hydrogen (secondary N) is 1. The molecule has 0 spiro atoms. The summed E-state index contributed by atoms with van der Waals surface area (Å²) in [5.41, 5.74) is 5.40. The van der Waals surface area contributed by atoms with Crippen molar-refractivity contribution in [3.8, 4) is 17.2 Å². The molecule has 8 nitrogen and oxygen atoms in total. The number of pyridine rings is 1. The molecule has 0 radical (unpaired) electrons. The van der Waals surface area contributed by atoms with Crippen molar-refractivity contribution in [1.29, 1.82) is 5.41 Å². The molecule has 0 aliphatic carbocycles. The van der Waals surface area contributed by atoms with E-state index in [0.717, 1.165) is 0 Å². The smallest absolute Gasteiger partial charge is 0.311 e. The van der Waals surface area contributed by atoms with Crippen LogP contribution in [0.1, 0.15) is 5.69 Å². The van der Waals surface area contributed by atoms with E-state index in [4.69, 9.17) is 20.6 Å². The molecule has 108 valence electrons.